The van der Waals surface area contributed by atoms with Crippen LogP contribution in [0.15, 0.2) is 42.0 Å². The second kappa shape index (κ2) is 9.33. The lowest BCUT2D eigenvalue weighted by molar-refractivity contribution is -0.151. The minimum Gasteiger partial charge on any atom is -0.488 e. The van der Waals surface area contributed by atoms with Gasteiger partial charge in [-0.15, -0.1) is 0 Å². The largest absolute Gasteiger partial charge is 0.488 e. The fourth-order valence-electron chi connectivity index (χ4n) is 2.65. The first-order valence-corrected chi connectivity index (χ1v) is 9.10. The number of fused-ring (bicyclic) bond motifs is 1. The molecule has 2 aromatic carbocycles. The number of carbonyl (C=O) groups excluding carboxylic acids is 3. The van der Waals surface area contributed by atoms with Crippen molar-refractivity contribution in [2.24, 2.45) is 0 Å². The Morgan fingerprint density at radius 3 is 2.61 bits per heavy atom. The second-order valence-electron chi connectivity index (χ2n) is 6.53. The van der Waals surface area contributed by atoms with Gasteiger partial charge in [-0.25, -0.2) is 18.0 Å². The van der Waals surface area contributed by atoms with E-state index < -0.39 is 53.6 Å². The Labute approximate surface area is 174 Å². The molecule has 0 bridgehead atoms. The Hall–Kier alpha value is -3.82. The summed E-state index contributed by atoms with van der Waals surface area (Å²) in [5, 5.41) is 4.21. The van der Waals surface area contributed by atoms with Crippen molar-refractivity contribution in [3.8, 4) is 5.75 Å². The zero-order chi connectivity index (χ0) is 22.5. The van der Waals surface area contributed by atoms with E-state index in [1.807, 2.05) is 5.32 Å². The van der Waals surface area contributed by atoms with Gasteiger partial charge >= 0.3 is 5.97 Å². The molecule has 1 heterocycles. The Balaban J connectivity index is 1.51. The minimum atomic E-state index is -1.73. The number of amides is 2. The number of para-hydroxylation sites is 1. The first-order chi connectivity index (χ1) is 14.8. The van der Waals surface area contributed by atoms with E-state index in [2.05, 4.69) is 5.32 Å². The predicted octanol–water partition coefficient (Wildman–Crippen LogP) is 2.57. The fourth-order valence-corrected chi connectivity index (χ4v) is 2.65. The van der Waals surface area contributed by atoms with E-state index >= 15 is 0 Å². The van der Waals surface area contributed by atoms with Crippen LogP contribution in [0.5, 0.6) is 5.75 Å². The van der Waals surface area contributed by atoms with Crippen molar-refractivity contribution in [2.45, 2.75) is 13.0 Å². The summed E-state index contributed by atoms with van der Waals surface area (Å²) in [7, 11) is 0. The van der Waals surface area contributed by atoms with Crippen molar-refractivity contribution < 1.29 is 37.0 Å². The molecular weight excluding hydrogens is 417 g/mol. The van der Waals surface area contributed by atoms with Crippen LogP contribution in [0, 0.1) is 17.5 Å². The maximum absolute atomic E-state index is 13.6. The van der Waals surface area contributed by atoms with Crippen LogP contribution in [-0.2, 0) is 19.1 Å². The highest BCUT2D eigenvalue weighted by Gasteiger charge is 2.24. The maximum Gasteiger partial charge on any atom is 0.338 e. The third kappa shape index (κ3) is 5.21. The third-order valence-corrected chi connectivity index (χ3v) is 4.28. The van der Waals surface area contributed by atoms with E-state index in [0.717, 1.165) is 6.07 Å². The molecule has 7 nitrogen and oxygen atoms in total. The molecule has 10 heteroatoms. The number of hydrogen-bond acceptors (Lipinski definition) is 5. The quantitative estimate of drug-likeness (QED) is 0.539. The normalized spacial score (nSPS) is 13.2. The van der Waals surface area contributed by atoms with Crippen LogP contribution in [0.3, 0.4) is 0 Å². The SMILES string of the molecule is CC(OC(=O)C1=Cc2ccccc2OC1)C(=O)NCC(=O)Nc1ccc(F)c(F)c1F. The Morgan fingerprint density at radius 2 is 1.84 bits per heavy atom. The maximum atomic E-state index is 13.6. The molecule has 2 N–H and O–H groups in total. The number of carbonyl (C=O) groups is 3. The molecule has 0 aromatic heterocycles. The van der Waals surface area contributed by atoms with Gasteiger partial charge < -0.3 is 20.1 Å². The first-order valence-electron chi connectivity index (χ1n) is 9.10. The van der Waals surface area contributed by atoms with Gasteiger partial charge in [0.1, 0.15) is 12.4 Å². The van der Waals surface area contributed by atoms with Gasteiger partial charge in [-0.1, -0.05) is 18.2 Å². The van der Waals surface area contributed by atoms with E-state index in [1.165, 1.54) is 6.92 Å². The van der Waals surface area contributed by atoms with Crippen molar-refractivity contribution >= 4 is 29.5 Å². The topological polar surface area (TPSA) is 93.7 Å². The first kappa shape index (κ1) is 21.9. The van der Waals surface area contributed by atoms with Gasteiger partial charge in [0, 0.05) is 5.56 Å². The number of ether oxygens (including phenoxy) is 2. The van der Waals surface area contributed by atoms with Crippen LogP contribution in [0.2, 0.25) is 0 Å². The number of nitrogens with one attached hydrogen (secondary N) is 2. The summed E-state index contributed by atoms with van der Waals surface area (Å²) in [5.41, 5.74) is 0.325. The molecular formula is C21H17F3N2O5. The van der Waals surface area contributed by atoms with Crippen molar-refractivity contribution in [1.29, 1.82) is 0 Å². The minimum absolute atomic E-state index is 0.0214. The number of anilines is 1. The Kier molecular flexibility index (Phi) is 6.58. The van der Waals surface area contributed by atoms with Crippen LogP contribution in [0.25, 0.3) is 6.08 Å². The van der Waals surface area contributed by atoms with E-state index in [4.69, 9.17) is 9.47 Å². The van der Waals surface area contributed by atoms with Gasteiger partial charge in [0.05, 0.1) is 17.8 Å². The van der Waals surface area contributed by atoms with Crippen molar-refractivity contribution in [1.82, 2.24) is 5.32 Å². The lowest BCUT2D eigenvalue weighted by Crippen LogP contribution is -2.40. The molecule has 0 saturated carbocycles. The summed E-state index contributed by atoms with van der Waals surface area (Å²) in [5.74, 6) is -6.51. The number of halogens is 3. The van der Waals surface area contributed by atoms with E-state index in [0.29, 0.717) is 17.4 Å². The van der Waals surface area contributed by atoms with Crippen LogP contribution in [0.4, 0.5) is 18.9 Å². The van der Waals surface area contributed by atoms with Gasteiger partial charge in [0.2, 0.25) is 5.91 Å². The zero-order valence-corrected chi connectivity index (χ0v) is 16.2. The Morgan fingerprint density at radius 1 is 1.10 bits per heavy atom. The van der Waals surface area contributed by atoms with Gasteiger partial charge in [-0.2, -0.15) is 0 Å². The third-order valence-electron chi connectivity index (χ3n) is 4.28. The number of esters is 1. The van der Waals surface area contributed by atoms with Gasteiger partial charge in [-0.3, -0.25) is 9.59 Å². The van der Waals surface area contributed by atoms with Crippen LogP contribution < -0.4 is 15.4 Å². The summed E-state index contributed by atoms with van der Waals surface area (Å²) in [6, 6.07) is 8.57. The van der Waals surface area contributed by atoms with E-state index in [-0.39, 0.29) is 12.2 Å². The van der Waals surface area contributed by atoms with Gasteiger partial charge in [0.15, 0.2) is 23.6 Å². The molecule has 2 aromatic rings. The van der Waals surface area contributed by atoms with Crippen LogP contribution in [-0.4, -0.2) is 37.0 Å². The molecule has 0 aliphatic carbocycles. The smallest absolute Gasteiger partial charge is 0.338 e. The molecule has 3 rings (SSSR count). The fraction of sp³-hybridized carbons (Fsp3) is 0.190. The second-order valence-corrected chi connectivity index (χ2v) is 6.53. The van der Waals surface area contributed by atoms with Crippen molar-refractivity contribution in [3.05, 3.63) is 65.0 Å². The summed E-state index contributed by atoms with van der Waals surface area (Å²) in [4.78, 5) is 36.2. The molecule has 1 atom stereocenters. The molecule has 1 aliphatic rings. The molecule has 0 fully saturated rings. The van der Waals surface area contributed by atoms with Gasteiger partial charge in [-0.05, 0) is 31.2 Å². The summed E-state index contributed by atoms with van der Waals surface area (Å²) >= 11 is 0. The Bertz CT molecular complexity index is 1070. The highest BCUT2D eigenvalue weighted by Crippen LogP contribution is 2.26. The van der Waals surface area contributed by atoms with Crippen molar-refractivity contribution in [2.75, 3.05) is 18.5 Å². The highest BCUT2D eigenvalue weighted by molar-refractivity contribution is 5.98. The van der Waals surface area contributed by atoms with Gasteiger partial charge in [0.25, 0.3) is 5.91 Å². The molecule has 162 valence electrons. The molecule has 0 spiro atoms. The molecule has 0 saturated heterocycles. The lowest BCUT2D eigenvalue weighted by atomic mass is 10.1. The number of benzene rings is 2. The average molecular weight is 434 g/mol. The predicted molar refractivity (Wildman–Crippen MR) is 103 cm³/mol. The van der Waals surface area contributed by atoms with E-state index in [9.17, 15) is 27.6 Å². The van der Waals surface area contributed by atoms with E-state index in [1.54, 1.807) is 30.3 Å². The molecule has 0 radical (unpaired) electrons. The van der Waals surface area contributed by atoms with Crippen molar-refractivity contribution in [3.63, 3.8) is 0 Å². The lowest BCUT2D eigenvalue weighted by Gasteiger charge is -2.19. The number of rotatable bonds is 6. The highest BCUT2D eigenvalue weighted by atomic mass is 19.2. The molecule has 31 heavy (non-hydrogen) atoms. The summed E-state index contributed by atoms with van der Waals surface area (Å²) < 4.78 is 50.2. The monoisotopic (exact) mass is 434 g/mol. The molecule has 1 unspecified atom stereocenters. The van der Waals surface area contributed by atoms with Crippen LogP contribution in [0.1, 0.15) is 12.5 Å². The summed E-state index contributed by atoms with van der Waals surface area (Å²) in [6.45, 7) is 0.670. The molecule has 2 amide bonds. The van der Waals surface area contributed by atoms with Crippen LogP contribution >= 0.6 is 0 Å². The zero-order valence-electron chi connectivity index (χ0n) is 16.2. The average Bonchev–Trinajstić information content (AvgIpc) is 2.77. The standard InChI is InChI=1S/C21H17F3N2O5/c1-11(31-21(29)13-8-12-4-2-3-5-16(12)30-10-13)20(28)25-9-17(27)26-15-7-6-14(22)18(23)19(15)24/h2-8,11H,9-10H2,1H3,(H,25,28)(H,26,27). The number of hydrogen-bond donors (Lipinski definition) is 2. The molecule has 1 aliphatic heterocycles. The summed E-state index contributed by atoms with van der Waals surface area (Å²) in [6.07, 6.45) is 0.355.